The van der Waals surface area contributed by atoms with Crippen LogP contribution in [0.2, 0.25) is 5.02 Å². The Kier molecular flexibility index (Phi) is 4.04. The van der Waals surface area contributed by atoms with Crippen molar-refractivity contribution in [2.45, 2.75) is 20.3 Å². The van der Waals surface area contributed by atoms with Crippen LogP contribution in [-0.2, 0) is 4.79 Å². The van der Waals surface area contributed by atoms with Crippen molar-refractivity contribution < 1.29 is 9.59 Å². The summed E-state index contributed by atoms with van der Waals surface area (Å²) in [5.74, 6) is -0.360. The molecule has 0 saturated heterocycles. The van der Waals surface area contributed by atoms with E-state index < -0.39 is 0 Å². The molecule has 0 bridgehead atoms. The molecule has 1 aromatic carbocycles. The first kappa shape index (κ1) is 11.9. The number of carbonyl (C=O) groups is 2. The lowest BCUT2D eigenvalue weighted by Gasteiger charge is -2.09. The molecule has 0 amide bonds. The zero-order chi connectivity index (χ0) is 11.4. The average molecular weight is 225 g/mol. The molecule has 1 aromatic rings. The minimum Gasteiger partial charge on any atom is -0.300 e. The van der Waals surface area contributed by atoms with Gasteiger partial charge in [-0.1, -0.05) is 30.7 Å². The highest BCUT2D eigenvalue weighted by atomic mass is 35.5. The van der Waals surface area contributed by atoms with E-state index in [0.29, 0.717) is 10.6 Å². The molecule has 1 rings (SSSR count). The molecule has 0 aliphatic rings. The second-order valence-corrected chi connectivity index (χ2v) is 4.06. The van der Waals surface area contributed by atoms with Crippen molar-refractivity contribution in [3.63, 3.8) is 0 Å². The Labute approximate surface area is 94.2 Å². The van der Waals surface area contributed by atoms with E-state index in [-0.39, 0.29) is 23.9 Å². The van der Waals surface area contributed by atoms with Crippen molar-refractivity contribution in [2.75, 3.05) is 0 Å². The quantitative estimate of drug-likeness (QED) is 0.737. The van der Waals surface area contributed by atoms with Gasteiger partial charge in [0.15, 0.2) is 5.78 Å². The van der Waals surface area contributed by atoms with Gasteiger partial charge in [0.1, 0.15) is 5.78 Å². The highest BCUT2D eigenvalue weighted by molar-refractivity contribution is 6.34. The van der Waals surface area contributed by atoms with Crippen molar-refractivity contribution in [3.05, 3.63) is 34.9 Å². The molecular weight excluding hydrogens is 212 g/mol. The summed E-state index contributed by atoms with van der Waals surface area (Å²) in [7, 11) is 0. The van der Waals surface area contributed by atoms with E-state index in [1.165, 1.54) is 6.92 Å². The summed E-state index contributed by atoms with van der Waals surface area (Å²) in [5, 5.41) is 0.443. The summed E-state index contributed by atoms with van der Waals surface area (Å²) in [5.41, 5.74) is 0.493. The molecule has 0 fully saturated rings. The summed E-state index contributed by atoms with van der Waals surface area (Å²) in [6, 6.07) is 6.89. The van der Waals surface area contributed by atoms with Gasteiger partial charge in [-0.2, -0.15) is 0 Å². The van der Waals surface area contributed by atoms with Crippen LogP contribution in [0.1, 0.15) is 30.6 Å². The predicted molar refractivity (Wildman–Crippen MR) is 60.2 cm³/mol. The fourth-order valence-electron chi connectivity index (χ4n) is 1.45. The molecule has 1 unspecified atom stereocenters. The molecule has 0 saturated carbocycles. The summed E-state index contributed by atoms with van der Waals surface area (Å²) in [4.78, 5) is 22.8. The Bertz CT molecular complexity index is 385. The Morgan fingerprint density at radius 2 is 1.93 bits per heavy atom. The van der Waals surface area contributed by atoms with Crippen LogP contribution in [0.25, 0.3) is 0 Å². The molecule has 1 atom stereocenters. The number of hydrogen-bond acceptors (Lipinski definition) is 2. The molecule has 0 spiro atoms. The largest absolute Gasteiger partial charge is 0.300 e. The minimum atomic E-state index is -0.303. The lowest BCUT2D eigenvalue weighted by atomic mass is 9.95. The fourth-order valence-corrected chi connectivity index (χ4v) is 1.68. The first-order valence-corrected chi connectivity index (χ1v) is 5.18. The molecule has 3 heteroatoms. The van der Waals surface area contributed by atoms with Gasteiger partial charge in [0, 0.05) is 17.9 Å². The van der Waals surface area contributed by atoms with E-state index in [1.54, 1.807) is 31.2 Å². The topological polar surface area (TPSA) is 34.1 Å². The monoisotopic (exact) mass is 224 g/mol. The average Bonchev–Trinajstić information content (AvgIpc) is 2.16. The fraction of sp³-hybridized carbons (Fsp3) is 0.333. The molecule has 0 aliphatic carbocycles. The van der Waals surface area contributed by atoms with Gasteiger partial charge in [-0.3, -0.25) is 4.79 Å². The molecule has 80 valence electrons. The second-order valence-electron chi connectivity index (χ2n) is 3.65. The molecule has 0 radical (unpaired) electrons. The third kappa shape index (κ3) is 3.17. The molecule has 15 heavy (non-hydrogen) atoms. The van der Waals surface area contributed by atoms with Gasteiger partial charge in [-0.05, 0) is 19.1 Å². The van der Waals surface area contributed by atoms with E-state index in [2.05, 4.69) is 0 Å². The third-order valence-electron chi connectivity index (χ3n) is 2.18. The third-order valence-corrected chi connectivity index (χ3v) is 2.51. The van der Waals surface area contributed by atoms with E-state index >= 15 is 0 Å². The Morgan fingerprint density at radius 3 is 2.47 bits per heavy atom. The lowest BCUT2D eigenvalue weighted by molar-refractivity contribution is -0.117. The van der Waals surface area contributed by atoms with Gasteiger partial charge in [0.25, 0.3) is 0 Å². The molecular formula is C12H13ClO2. The number of rotatable bonds is 4. The van der Waals surface area contributed by atoms with Gasteiger partial charge in [-0.15, -0.1) is 0 Å². The molecule has 0 N–H and O–H groups in total. The standard InChI is InChI=1S/C12H13ClO2/c1-8(7-9(2)14)12(15)10-5-3-4-6-11(10)13/h3-6,8H,7H2,1-2H3. The van der Waals surface area contributed by atoms with Crippen LogP contribution in [0.3, 0.4) is 0 Å². The maximum atomic E-state index is 11.9. The van der Waals surface area contributed by atoms with Gasteiger partial charge in [0.2, 0.25) is 0 Å². The van der Waals surface area contributed by atoms with Gasteiger partial charge in [-0.25, -0.2) is 0 Å². The summed E-state index contributed by atoms with van der Waals surface area (Å²) < 4.78 is 0. The van der Waals surface area contributed by atoms with E-state index in [1.807, 2.05) is 0 Å². The zero-order valence-corrected chi connectivity index (χ0v) is 9.54. The number of benzene rings is 1. The smallest absolute Gasteiger partial charge is 0.167 e. The first-order valence-electron chi connectivity index (χ1n) is 4.80. The number of Topliss-reactive ketones (excluding diaryl/α,β-unsaturated/α-hetero) is 2. The number of carbonyl (C=O) groups excluding carboxylic acids is 2. The SMILES string of the molecule is CC(=O)CC(C)C(=O)c1ccccc1Cl. The van der Waals surface area contributed by atoms with Crippen LogP contribution in [0, 0.1) is 5.92 Å². The van der Waals surface area contributed by atoms with Crippen molar-refractivity contribution in [1.29, 1.82) is 0 Å². The maximum Gasteiger partial charge on any atom is 0.167 e. The van der Waals surface area contributed by atoms with Crippen molar-refractivity contribution in [2.24, 2.45) is 5.92 Å². The summed E-state index contributed by atoms with van der Waals surface area (Å²) in [6.07, 6.45) is 0.268. The molecule has 2 nitrogen and oxygen atoms in total. The number of hydrogen-bond donors (Lipinski definition) is 0. The number of halogens is 1. The van der Waals surface area contributed by atoms with Gasteiger partial charge in [0.05, 0.1) is 5.02 Å². The molecule has 0 aliphatic heterocycles. The predicted octanol–water partition coefficient (Wildman–Crippen LogP) is 3.14. The number of ketones is 2. The van der Waals surface area contributed by atoms with Crippen LogP contribution >= 0.6 is 11.6 Å². The second kappa shape index (κ2) is 5.08. The van der Waals surface area contributed by atoms with E-state index in [9.17, 15) is 9.59 Å². The normalized spacial score (nSPS) is 12.2. The Hall–Kier alpha value is -1.15. The maximum absolute atomic E-state index is 11.9. The van der Waals surface area contributed by atoms with Crippen molar-refractivity contribution in [3.8, 4) is 0 Å². The first-order chi connectivity index (χ1) is 7.02. The Balaban J connectivity index is 2.85. The highest BCUT2D eigenvalue weighted by Crippen LogP contribution is 2.20. The van der Waals surface area contributed by atoms with Crippen LogP contribution < -0.4 is 0 Å². The lowest BCUT2D eigenvalue weighted by Crippen LogP contribution is -2.14. The van der Waals surface area contributed by atoms with Gasteiger partial charge < -0.3 is 4.79 Å². The van der Waals surface area contributed by atoms with Crippen LogP contribution in [0.15, 0.2) is 24.3 Å². The molecule has 0 heterocycles. The van der Waals surface area contributed by atoms with Crippen molar-refractivity contribution in [1.82, 2.24) is 0 Å². The van der Waals surface area contributed by atoms with Crippen LogP contribution in [-0.4, -0.2) is 11.6 Å². The van der Waals surface area contributed by atoms with Crippen LogP contribution in [0.5, 0.6) is 0 Å². The molecule has 0 aromatic heterocycles. The summed E-state index contributed by atoms with van der Waals surface area (Å²) in [6.45, 7) is 3.23. The van der Waals surface area contributed by atoms with Gasteiger partial charge >= 0.3 is 0 Å². The Morgan fingerprint density at radius 1 is 1.33 bits per heavy atom. The zero-order valence-electron chi connectivity index (χ0n) is 8.79. The van der Waals surface area contributed by atoms with E-state index in [0.717, 1.165) is 0 Å². The summed E-state index contributed by atoms with van der Waals surface area (Å²) >= 11 is 5.89. The van der Waals surface area contributed by atoms with Crippen molar-refractivity contribution >= 4 is 23.2 Å². The van der Waals surface area contributed by atoms with Crippen LogP contribution in [0.4, 0.5) is 0 Å². The minimum absolute atomic E-state index is 0.0166. The highest BCUT2D eigenvalue weighted by Gasteiger charge is 2.18. The van der Waals surface area contributed by atoms with E-state index in [4.69, 9.17) is 11.6 Å².